The fourth-order valence-corrected chi connectivity index (χ4v) is 3.21. The maximum atomic E-state index is 12.3. The highest BCUT2D eigenvalue weighted by Gasteiger charge is 2.24. The molecule has 0 unspecified atom stereocenters. The summed E-state index contributed by atoms with van der Waals surface area (Å²) in [5, 5.41) is 0.219. The van der Waals surface area contributed by atoms with E-state index in [1.807, 2.05) is 42.6 Å². The van der Waals surface area contributed by atoms with Crippen molar-refractivity contribution in [3.05, 3.63) is 53.4 Å². The van der Waals surface area contributed by atoms with Gasteiger partial charge in [0.15, 0.2) is 5.82 Å². The highest BCUT2D eigenvalue weighted by molar-refractivity contribution is 6.28. The Morgan fingerprint density at radius 2 is 1.88 bits per heavy atom. The molecular weight excluding hydrogens is 354 g/mol. The van der Waals surface area contributed by atoms with Gasteiger partial charge in [0.1, 0.15) is 12.1 Å². The minimum atomic E-state index is -0.292. The number of piperazine rings is 1. The third kappa shape index (κ3) is 3.43. The average Bonchev–Trinajstić information content (AvgIpc) is 3.15. The molecule has 4 rings (SSSR count). The standard InChI is InChI=1S/C18H18ClN5O2/c19-17-21-14-6-7-20-15(14)16(22-17)23-8-10-24(11-9-23)18(25)26-12-13-4-2-1-3-5-13/h1-7,20H,8-12H2. The number of rotatable bonds is 3. The van der Waals surface area contributed by atoms with Crippen molar-refractivity contribution in [1.29, 1.82) is 0 Å². The molecule has 1 aliphatic rings. The minimum Gasteiger partial charge on any atom is -0.445 e. The number of amides is 1. The summed E-state index contributed by atoms with van der Waals surface area (Å²) >= 11 is 6.03. The van der Waals surface area contributed by atoms with Crippen LogP contribution in [0.1, 0.15) is 5.56 Å². The molecule has 1 fully saturated rings. The molecule has 134 valence electrons. The lowest BCUT2D eigenvalue weighted by atomic mass is 10.2. The molecule has 3 heterocycles. The molecule has 1 aromatic carbocycles. The SMILES string of the molecule is O=C(OCc1ccccc1)N1CCN(c2nc(Cl)nc3cc[nH]c23)CC1. The van der Waals surface area contributed by atoms with Gasteiger partial charge in [-0.2, -0.15) is 4.98 Å². The number of halogens is 1. The summed E-state index contributed by atoms with van der Waals surface area (Å²) in [5.41, 5.74) is 2.61. The monoisotopic (exact) mass is 371 g/mol. The second kappa shape index (κ2) is 7.21. The van der Waals surface area contributed by atoms with E-state index in [4.69, 9.17) is 16.3 Å². The first kappa shape index (κ1) is 16.7. The first-order valence-electron chi connectivity index (χ1n) is 8.42. The Kier molecular flexibility index (Phi) is 4.62. The van der Waals surface area contributed by atoms with Crippen molar-refractivity contribution in [3.8, 4) is 0 Å². The number of aromatic nitrogens is 3. The second-order valence-electron chi connectivity index (χ2n) is 6.07. The van der Waals surface area contributed by atoms with Gasteiger partial charge in [0.05, 0.1) is 5.52 Å². The highest BCUT2D eigenvalue weighted by Crippen LogP contribution is 2.25. The van der Waals surface area contributed by atoms with Crippen LogP contribution in [0.3, 0.4) is 0 Å². The Labute approximate surface area is 155 Å². The number of carbonyl (C=O) groups is 1. The van der Waals surface area contributed by atoms with Crippen LogP contribution in [-0.2, 0) is 11.3 Å². The van der Waals surface area contributed by atoms with Crippen molar-refractivity contribution in [2.75, 3.05) is 31.1 Å². The van der Waals surface area contributed by atoms with Gasteiger partial charge in [-0.05, 0) is 23.2 Å². The van der Waals surface area contributed by atoms with E-state index in [1.54, 1.807) is 4.90 Å². The number of nitrogens with zero attached hydrogens (tertiary/aromatic N) is 4. The van der Waals surface area contributed by atoms with E-state index in [0.29, 0.717) is 26.2 Å². The second-order valence-corrected chi connectivity index (χ2v) is 6.41. The topological polar surface area (TPSA) is 74.3 Å². The summed E-state index contributed by atoms with van der Waals surface area (Å²) in [4.78, 5) is 27.8. The maximum Gasteiger partial charge on any atom is 0.410 e. The number of anilines is 1. The number of hydrogen-bond acceptors (Lipinski definition) is 5. The zero-order chi connectivity index (χ0) is 17.9. The molecule has 0 bridgehead atoms. The van der Waals surface area contributed by atoms with Crippen LogP contribution in [0.5, 0.6) is 0 Å². The molecule has 8 heteroatoms. The summed E-state index contributed by atoms with van der Waals surface area (Å²) in [7, 11) is 0. The van der Waals surface area contributed by atoms with Crippen molar-refractivity contribution in [3.63, 3.8) is 0 Å². The third-order valence-electron chi connectivity index (χ3n) is 4.40. The van der Waals surface area contributed by atoms with Crippen LogP contribution < -0.4 is 4.90 Å². The van der Waals surface area contributed by atoms with Crippen LogP contribution in [-0.4, -0.2) is 52.1 Å². The fourth-order valence-electron chi connectivity index (χ4n) is 3.04. The van der Waals surface area contributed by atoms with Gasteiger partial charge >= 0.3 is 6.09 Å². The van der Waals surface area contributed by atoms with E-state index in [-0.39, 0.29) is 18.0 Å². The smallest absolute Gasteiger partial charge is 0.410 e. The number of benzene rings is 1. The number of ether oxygens (including phenoxy) is 1. The van der Waals surface area contributed by atoms with Crippen molar-refractivity contribution < 1.29 is 9.53 Å². The van der Waals surface area contributed by atoms with Crippen molar-refractivity contribution in [2.24, 2.45) is 0 Å². The van der Waals surface area contributed by atoms with E-state index >= 15 is 0 Å². The van der Waals surface area contributed by atoms with Gasteiger partial charge in [0.25, 0.3) is 0 Å². The predicted octanol–water partition coefficient (Wildman–Crippen LogP) is 3.07. The van der Waals surface area contributed by atoms with Crippen LogP contribution in [0.4, 0.5) is 10.6 Å². The number of fused-ring (bicyclic) bond motifs is 1. The molecule has 0 atom stereocenters. The van der Waals surface area contributed by atoms with Gasteiger partial charge in [-0.1, -0.05) is 30.3 Å². The largest absolute Gasteiger partial charge is 0.445 e. The Morgan fingerprint density at radius 1 is 1.12 bits per heavy atom. The Bertz CT molecular complexity index is 906. The number of carbonyl (C=O) groups excluding carboxylic acids is 1. The third-order valence-corrected chi connectivity index (χ3v) is 4.57. The quantitative estimate of drug-likeness (QED) is 0.716. The molecule has 0 spiro atoms. The molecular formula is C18H18ClN5O2. The van der Waals surface area contributed by atoms with Crippen LogP contribution in [0.2, 0.25) is 5.28 Å². The molecule has 2 aromatic heterocycles. The van der Waals surface area contributed by atoms with Crippen molar-refractivity contribution in [1.82, 2.24) is 19.9 Å². The number of nitrogens with one attached hydrogen (secondary N) is 1. The van der Waals surface area contributed by atoms with E-state index in [1.165, 1.54) is 0 Å². The predicted molar refractivity (Wildman–Crippen MR) is 99.3 cm³/mol. The van der Waals surface area contributed by atoms with Gasteiger partial charge in [-0.3, -0.25) is 0 Å². The van der Waals surface area contributed by atoms with E-state index in [9.17, 15) is 4.79 Å². The van der Waals surface area contributed by atoms with Crippen molar-refractivity contribution in [2.45, 2.75) is 6.61 Å². The van der Waals surface area contributed by atoms with Crippen molar-refractivity contribution >= 4 is 34.5 Å². The Morgan fingerprint density at radius 3 is 2.65 bits per heavy atom. The van der Waals surface area contributed by atoms with E-state index in [2.05, 4.69) is 19.9 Å². The average molecular weight is 372 g/mol. The van der Waals surface area contributed by atoms with Crippen LogP contribution >= 0.6 is 11.6 Å². The summed E-state index contributed by atoms with van der Waals surface area (Å²) < 4.78 is 5.40. The first-order chi connectivity index (χ1) is 12.7. The molecule has 7 nitrogen and oxygen atoms in total. The fraction of sp³-hybridized carbons (Fsp3) is 0.278. The normalized spacial score (nSPS) is 14.7. The van der Waals surface area contributed by atoms with Gasteiger partial charge in [0.2, 0.25) is 5.28 Å². The molecule has 1 saturated heterocycles. The molecule has 26 heavy (non-hydrogen) atoms. The summed E-state index contributed by atoms with van der Waals surface area (Å²) in [6.07, 6.45) is 1.52. The lowest BCUT2D eigenvalue weighted by Gasteiger charge is -2.34. The maximum absolute atomic E-state index is 12.3. The molecule has 0 saturated carbocycles. The Balaban J connectivity index is 1.37. The number of hydrogen-bond donors (Lipinski definition) is 1. The minimum absolute atomic E-state index is 0.219. The molecule has 1 aliphatic heterocycles. The molecule has 3 aromatic rings. The van der Waals surface area contributed by atoms with Crippen LogP contribution in [0.15, 0.2) is 42.6 Å². The highest BCUT2D eigenvalue weighted by atomic mass is 35.5. The summed E-state index contributed by atoms with van der Waals surface area (Å²) in [5.74, 6) is 0.766. The van der Waals surface area contributed by atoms with E-state index in [0.717, 1.165) is 22.4 Å². The molecule has 0 radical (unpaired) electrons. The van der Waals surface area contributed by atoms with Gasteiger partial charge in [0, 0.05) is 32.4 Å². The van der Waals surface area contributed by atoms with E-state index < -0.39 is 0 Å². The zero-order valence-corrected chi connectivity index (χ0v) is 14.8. The van der Waals surface area contributed by atoms with Gasteiger partial charge in [-0.25, -0.2) is 9.78 Å². The summed E-state index contributed by atoms with van der Waals surface area (Å²) in [6, 6.07) is 11.5. The van der Waals surface area contributed by atoms with Crippen LogP contribution in [0.25, 0.3) is 11.0 Å². The number of H-pyrrole nitrogens is 1. The Hall–Kier alpha value is -2.80. The molecule has 1 amide bonds. The molecule has 1 N–H and O–H groups in total. The van der Waals surface area contributed by atoms with Crippen LogP contribution in [0, 0.1) is 0 Å². The lowest BCUT2D eigenvalue weighted by Crippen LogP contribution is -2.49. The lowest BCUT2D eigenvalue weighted by molar-refractivity contribution is 0.0941. The summed E-state index contributed by atoms with van der Waals surface area (Å²) in [6.45, 7) is 2.73. The molecule has 0 aliphatic carbocycles. The first-order valence-corrected chi connectivity index (χ1v) is 8.80. The zero-order valence-electron chi connectivity index (χ0n) is 14.1. The van der Waals surface area contributed by atoms with Gasteiger partial charge < -0.3 is 19.5 Å². The number of aromatic amines is 1. The van der Waals surface area contributed by atoms with Gasteiger partial charge in [-0.15, -0.1) is 0 Å².